The summed E-state index contributed by atoms with van der Waals surface area (Å²) in [6, 6.07) is 10.2. The van der Waals surface area contributed by atoms with Gasteiger partial charge in [-0.05, 0) is 36.9 Å². The first-order valence-electron chi connectivity index (χ1n) is 9.51. The van der Waals surface area contributed by atoms with Crippen molar-refractivity contribution in [2.45, 2.75) is 26.9 Å². The van der Waals surface area contributed by atoms with Crippen molar-refractivity contribution in [1.29, 1.82) is 0 Å². The molecule has 7 nitrogen and oxygen atoms in total. The standard InChI is InChI=1S/C20H32N6O/c1-5-26(6-2)13-14-27-19-9-7-17(8-10-19)15-22-20(21-3)23-16-18-11-12-24-25(18)4/h7-12H,5-6,13-16H2,1-4H3,(H2,21,22,23). The minimum atomic E-state index is 0.676. The highest BCUT2D eigenvalue weighted by Crippen LogP contribution is 2.12. The Hall–Kier alpha value is -2.54. The summed E-state index contributed by atoms with van der Waals surface area (Å²) in [7, 11) is 3.70. The van der Waals surface area contributed by atoms with E-state index in [-0.39, 0.29) is 0 Å². The fourth-order valence-corrected chi connectivity index (χ4v) is 2.69. The molecule has 0 atom stereocenters. The van der Waals surface area contributed by atoms with E-state index in [1.165, 1.54) is 5.56 Å². The van der Waals surface area contributed by atoms with Crippen LogP contribution < -0.4 is 15.4 Å². The van der Waals surface area contributed by atoms with Crippen molar-refractivity contribution in [3.8, 4) is 5.75 Å². The van der Waals surface area contributed by atoms with Crippen LogP contribution in [0.2, 0.25) is 0 Å². The fraction of sp³-hybridized carbons (Fsp3) is 0.500. The molecule has 0 aliphatic rings. The zero-order valence-corrected chi connectivity index (χ0v) is 16.9. The molecule has 0 saturated carbocycles. The van der Waals surface area contributed by atoms with Gasteiger partial charge in [0.15, 0.2) is 5.96 Å². The summed E-state index contributed by atoms with van der Waals surface area (Å²) in [5.41, 5.74) is 2.28. The van der Waals surface area contributed by atoms with Crippen molar-refractivity contribution in [2.24, 2.45) is 12.0 Å². The number of hydrogen-bond acceptors (Lipinski definition) is 4. The maximum absolute atomic E-state index is 5.83. The molecule has 27 heavy (non-hydrogen) atoms. The minimum absolute atomic E-state index is 0.676. The van der Waals surface area contributed by atoms with Crippen LogP contribution in [0.3, 0.4) is 0 Å². The van der Waals surface area contributed by atoms with Gasteiger partial charge in [0.2, 0.25) is 0 Å². The largest absolute Gasteiger partial charge is 0.492 e. The van der Waals surface area contributed by atoms with Gasteiger partial charge in [-0.3, -0.25) is 9.67 Å². The number of nitrogens with zero attached hydrogens (tertiary/aromatic N) is 4. The molecule has 0 fully saturated rings. The number of ether oxygens (including phenoxy) is 1. The Kier molecular flexibility index (Phi) is 8.64. The van der Waals surface area contributed by atoms with E-state index in [2.05, 4.69) is 51.6 Å². The van der Waals surface area contributed by atoms with Crippen LogP contribution in [0.5, 0.6) is 5.75 Å². The van der Waals surface area contributed by atoms with E-state index >= 15 is 0 Å². The first kappa shape index (κ1) is 20.8. The van der Waals surface area contributed by atoms with Crippen molar-refractivity contribution in [2.75, 3.05) is 33.3 Å². The third kappa shape index (κ3) is 6.94. The summed E-state index contributed by atoms with van der Waals surface area (Å²) in [5.74, 6) is 1.67. The molecule has 7 heteroatoms. The quantitative estimate of drug-likeness (QED) is 0.493. The molecule has 0 unspecified atom stereocenters. The Balaban J connectivity index is 1.74. The van der Waals surface area contributed by atoms with Crippen molar-refractivity contribution < 1.29 is 4.74 Å². The van der Waals surface area contributed by atoms with Crippen LogP contribution in [0.25, 0.3) is 0 Å². The van der Waals surface area contributed by atoms with Gasteiger partial charge in [0.1, 0.15) is 12.4 Å². The zero-order chi connectivity index (χ0) is 19.5. The van der Waals surface area contributed by atoms with E-state index in [1.807, 2.05) is 29.9 Å². The molecule has 0 amide bonds. The molecule has 0 aliphatic carbocycles. The first-order chi connectivity index (χ1) is 13.2. The fourth-order valence-electron chi connectivity index (χ4n) is 2.69. The van der Waals surface area contributed by atoms with Gasteiger partial charge in [-0.25, -0.2) is 0 Å². The normalized spacial score (nSPS) is 11.7. The monoisotopic (exact) mass is 372 g/mol. The zero-order valence-electron chi connectivity index (χ0n) is 16.9. The molecule has 0 spiro atoms. The molecule has 0 saturated heterocycles. The summed E-state index contributed by atoms with van der Waals surface area (Å²) < 4.78 is 7.67. The van der Waals surface area contributed by atoms with E-state index in [9.17, 15) is 0 Å². The molecular weight excluding hydrogens is 340 g/mol. The molecule has 0 bridgehead atoms. The summed E-state index contributed by atoms with van der Waals surface area (Å²) >= 11 is 0. The number of benzene rings is 1. The number of aliphatic imine (C=N–C) groups is 1. The van der Waals surface area contributed by atoms with Crippen LogP contribution in [-0.4, -0.2) is 53.9 Å². The second-order valence-electron chi connectivity index (χ2n) is 6.24. The van der Waals surface area contributed by atoms with Crippen LogP contribution in [0.1, 0.15) is 25.1 Å². The lowest BCUT2D eigenvalue weighted by Gasteiger charge is -2.18. The highest BCUT2D eigenvalue weighted by Gasteiger charge is 2.03. The molecule has 148 valence electrons. The lowest BCUT2D eigenvalue weighted by atomic mass is 10.2. The predicted octanol–water partition coefficient (Wildman–Crippen LogP) is 2.01. The average molecular weight is 373 g/mol. The molecule has 0 radical (unpaired) electrons. The van der Waals surface area contributed by atoms with Gasteiger partial charge in [0, 0.05) is 33.4 Å². The van der Waals surface area contributed by atoms with Crippen LogP contribution in [0.15, 0.2) is 41.5 Å². The second kappa shape index (κ2) is 11.2. The Morgan fingerprint density at radius 3 is 2.41 bits per heavy atom. The van der Waals surface area contributed by atoms with Crippen LogP contribution in [0.4, 0.5) is 0 Å². The molecule has 2 rings (SSSR count). The molecule has 2 aromatic rings. The van der Waals surface area contributed by atoms with Gasteiger partial charge >= 0.3 is 0 Å². The molecule has 1 aromatic carbocycles. The number of nitrogens with one attached hydrogen (secondary N) is 2. The summed E-state index contributed by atoms with van der Waals surface area (Å²) in [5, 5.41) is 10.8. The van der Waals surface area contributed by atoms with Crippen molar-refractivity contribution >= 4 is 5.96 Å². The minimum Gasteiger partial charge on any atom is -0.492 e. The van der Waals surface area contributed by atoms with Gasteiger partial charge in [-0.2, -0.15) is 5.10 Å². The molecule has 1 aromatic heterocycles. The van der Waals surface area contributed by atoms with Gasteiger partial charge in [0.25, 0.3) is 0 Å². The van der Waals surface area contributed by atoms with E-state index < -0.39 is 0 Å². The first-order valence-corrected chi connectivity index (χ1v) is 9.51. The Bertz CT molecular complexity index is 691. The Morgan fingerprint density at radius 1 is 1.11 bits per heavy atom. The van der Waals surface area contributed by atoms with E-state index in [1.54, 1.807) is 13.2 Å². The van der Waals surface area contributed by atoms with Crippen molar-refractivity contribution in [1.82, 2.24) is 25.3 Å². The molecular formula is C20H32N6O. The number of aromatic nitrogens is 2. The summed E-state index contributed by atoms with van der Waals surface area (Å²) in [6.45, 7) is 9.50. The van der Waals surface area contributed by atoms with Gasteiger partial charge in [0.05, 0.1) is 12.2 Å². The van der Waals surface area contributed by atoms with E-state index in [4.69, 9.17) is 4.74 Å². The average Bonchev–Trinajstić information content (AvgIpc) is 3.11. The maximum Gasteiger partial charge on any atom is 0.191 e. The Labute approximate surface area is 162 Å². The van der Waals surface area contributed by atoms with Crippen LogP contribution in [-0.2, 0) is 20.1 Å². The third-order valence-electron chi connectivity index (χ3n) is 4.54. The number of hydrogen-bond donors (Lipinski definition) is 2. The van der Waals surface area contributed by atoms with Gasteiger partial charge < -0.3 is 20.3 Å². The van der Waals surface area contributed by atoms with E-state index in [0.717, 1.165) is 37.0 Å². The number of aryl methyl sites for hydroxylation is 1. The smallest absolute Gasteiger partial charge is 0.191 e. The molecule has 2 N–H and O–H groups in total. The number of likely N-dealkylation sites (N-methyl/N-ethyl adjacent to an activating group) is 1. The highest BCUT2D eigenvalue weighted by molar-refractivity contribution is 5.79. The molecule has 0 aliphatic heterocycles. The molecule has 1 heterocycles. The third-order valence-corrected chi connectivity index (χ3v) is 4.54. The van der Waals surface area contributed by atoms with Crippen LogP contribution >= 0.6 is 0 Å². The predicted molar refractivity (Wildman–Crippen MR) is 110 cm³/mol. The lowest BCUT2D eigenvalue weighted by molar-refractivity contribution is 0.223. The van der Waals surface area contributed by atoms with Crippen molar-refractivity contribution in [3.05, 3.63) is 47.8 Å². The number of rotatable bonds is 10. The topological polar surface area (TPSA) is 66.7 Å². The Morgan fingerprint density at radius 2 is 1.81 bits per heavy atom. The van der Waals surface area contributed by atoms with Crippen molar-refractivity contribution in [3.63, 3.8) is 0 Å². The second-order valence-corrected chi connectivity index (χ2v) is 6.24. The lowest BCUT2D eigenvalue weighted by Crippen LogP contribution is -2.36. The number of guanidine groups is 1. The summed E-state index contributed by atoms with van der Waals surface area (Å²) in [4.78, 5) is 6.61. The van der Waals surface area contributed by atoms with Gasteiger partial charge in [-0.15, -0.1) is 0 Å². The SMILES string of the molecule is CCN(CC)CCOc1ccc(CNC(=NC)NCc2ccnn2C)cc1. The summed E-state index contributed by atoms with van der Waals surface area (Å²) in [6.07, 6.45) is 1.79. The highest BCUT2D eigenvalue weighted by atomic mass is 16.5. The van der Waals surface area contributed by atoms with Gasteiger partial charge in [-0.1, -0.05) is 26.0 Å². The maximum atomic E-state index is 5.83. The van der Waals surface area contributed by atoms with Crippen LogP contribution in [0, 0.1) is 0 Å². The van der Waals surface area contributed by atoms with E-state index in [0.29, 0.717) is 19.7 Å².